The molecule has 18 heavy (non-hydrogen) atoms. The van der Waals surface area contributed by atoms with Gasteiger partial charge in [-0.2, -0.15) is 0 Å². The second kappa shape index (κ2) is 5.79. The molecule has 0 aliphatic heterocycles. The third-order valence-corrected chi connectivity index (χ3v) is 3.97. The van der Waals surface area contributed by atoms with E-state index in [-0.39, 0.29) is 6.04 Å². The number of halogens is 3. The van der Waals surface area contributed by atoms with Crippen LogP contribution in [0.3, 0.4) is 0 Å². The van der Waals surface area contributed by atoms with E-state index in [1.807, 2.05) is 25.2 Å². The van der Waals surface area contributed by atoms with Gasteiger partial charge in [-0.25, -0.2) is 10.1 Å². The van der Waals surface area contributed by atoms with Crippen LogP contribution in [0.1, 0.15) is 17.3 Å². The van der Waals surface area contributed by atoms with Crippen molar-refractivity contribution in [2.45, 2.75) is 6.04 Å². The van der Waals surface area contributed by atoms with E-state index in [9.17, 15) is 0 Å². The van der Waals surface area contributed by atoms with Crippen molar-refractivity contribution in [3.8, 4) is 0 Å². The Kier molecular flexibility index (Phi) is 4.54. The first-order valence-corrected chi connectivity index (χ1v) is 7.38. The Morgan fingerprint density at radius 3 is 2.28 bits per heavy atom. The largest absolute Gasteiger partial charge is 0.271 e. The summed E-state index contributed by atoms with van der Waals surface area (Å²) in [5.74, 6) is 5.66. The molecule has 1 atom stereocenters. The molecule has 2 aromatic rings. The van der Waals surface area contributed by atoms with E-state index in [2.05, 4.69) is 63.5 Å². The lowest BCUT2D eigenvalue weighted by atomic mass is 10.1. The monoisotopic (exact) mass is 437 g/mol. The minimum Gasteiger partial charge on any atom is -0.271 e. The maximum absolute atomic E-state index is 5.66. The van der Waals surface area contributed by atoms with Gasteiger partial charge in [-0.3, -0.25) is 5.84 Å². The zero-order chi connectivity index (χ0) is 13.3. The van der Waals surface area contributed by atoms with Crippen LogP contribution in [-0.4, -0.2) is 15.0 Å². The molecule has 0 bridgehead atoms. The van der Waals surface area contributed by atoms with E-state index < -0.39 is 0 Å². The van der Waals surface area contributed by atoms with Crippen LogP contribution in [0.15, 0.2) is 31.7 Å². The molecule has 1 heterocycles. The minimum atomic E-state index is -0.201. The van der Waals surface area contributed by atoms with Crippen molar-refractivity contribution in [1.82, 2.24) is 20.4 Å². The molecule has 0 aliphatic carbocycles. The van der Waals surface area contributed by atoms with Crippen LogP contribution in [0.2, 0.25) is 0 Å². The topological polar surface area (TPSA) is 68.8 Å². The Morgan fingerprint density at radius 1 is 1.22 bits per heavy atom. The van der Waals surface area contributed by atoms with E-state index in [1.165, 1.54) is 0 Å². The average Bonchev–Trinajstić information content (AvgIpc) is 2.61. The first-order valence-electron chi connectivity index (χ1n) is 5.00. The number of hydrogen-bond donors (Lipinski definition) is 2. The number of aryl methyl sites for hydroxylation is 1. The molecule has 8 heteroatoms. The number of hydrogen-bond acceptors (Lipinski definition) is 4. The van der Waals surface area contributed by atoms with Gasteiger partial charge in [0.15, 0.2) is 4.60 Å². The number of nitrogens with one attached hydrogen (secondary N) is 1. The van der Waals surface area contributed by atoms with Crippen molar-refractivity contribution < 1.29 is 0 Å². The van der Waals surface area contributed by atoms with Gasteiger partial charge in [0, 0.05) is 16.0 Å². The van der Waals surface area contributed by atoms with Crippen LogP contribution in [0.5, 0.6) is 0 Å². The van der Waals surface area contributed by atoms with E-state index in [1.54, 1.807) is 4.68 Å². The van der Waals surface area contributed by atoms with E-state index in [0.29, 0.717) is 4.60 Å². The number of nitrogens with zero attached hydrogens (tertiary/aromatic N) is 3. The highest BCUT2D eigenvalue weighted by Crippen LogP contribution is 2.30. The standard InChI is InChI=1S/C10H10Br3N5/c1-18-9(10(13)16-17-18)8(15-14)5-2-6(11)4-7(12)3-5/h2-4,8,15H,14H2,1H3. The summed E-state index contributed by atoms with van der Waals surface area (Å²) in [6.45, 7) is 0. The molecule has 0 fully saturated rings. The van der Waals surface area contributed by atoms with Gasteiger partial charge in [0.1, 0.15) is 0 Å². The third-order valence-electron chi connectivity index (χ3n) is 2.49. The van der Waals surface area contributed by atoms with Crippen LogP contribution in [0.4, 0.5) is 0 Å². The predicted molar refractivity (Wildman–Crippen MR) is 79.7 cm³/mol. The number of hydrazine groups is 1. The number of nitrogens with two attached hydrogens (primary N) is 1. The molecule has 2 rings (SSSR count). The second-order valence-electron chi connectivity index (χ2n) is 3.69. The first-order chi connectivity index (χ1) is 8.52. The first kappa shape index (κ1) is 14.1. The summed E-state index contributed by atoms with van der Waals surface area (Å²) in [6.07, 6.45) is 0. The Balaban J connectivity index is 2.52. The summed E-state index contributed by atoms with van der Waals surface area (Å²) in [5.41, 5.74) is 4.65. The summed E-state index contributed by atoms with van der Waals surface area (Å²) in [5, 5.41) is 7.92. The highest BCUT2D eigenvalue weighted by atomic mass is 79.9. The van der Waals surface area contributed by atoms with Crippen molar-refractivity contribution in [3.63, 3.8) is 0 Å². The fourth-order valence-corrected chi connectivity index (χ4v) is 3.61. The van der Waals surface area contributed by atoms with Gasteiger partial charge in [0.2, 0.25) is 0 Å². The van der Waals surface area contributed by atoms with Crippen molar-refractivity contribution in [3.05, 3.63) is 43.0 Å². The lowest BCUT2D eigenvalue weighted by molar-refractivity contribution is 0.569. The molecular weight excluding hydrogens is 430 g/mol. The molecule has 0 aliphatic rings. The molecule has 0 saturated carbocycles. The Labute approximate surface area is 129 Å². The van der Waals surface area contributed by atoms with Crippen LogP contribution in [0.25, 0.3) is 0 Å². The summed E-state index contributed by atoms with van der Waals surface area (Å²) in [7, 11) is 1.82. The molecule has 1 unspecified atom stereocenters. The van der Waals surface area contributed by atoms with Gasteiger partial charge >= 0.3 is 0 Å². The SMILES string of the molecule is Cn1nnc(Br)c1C(NN)c1cc(Br)cc(Br)c1. The summed E-state index contributed by atoms with van der Waals surface area (Å²) in [6, 6.07) is 5.75. The highest BCUT2D eigenvalue weighted by Gasteiger charge is 2.21. The zero-order valence-electron chi connectivity index (χ0n) is 9.36. The fraction of sp³-hybridized carbons (Fsp3) is 0.200. The highest BCUT2D eigenvalue weighted by molar-refractivity contribution is 9.11. The Hall–Kier alpha value is -0.280. The van der Waals surface area contributed by atoms with Gasteiger partial charge < -0.3 is 0 Å². The summed E-state index contributed by atoms with van der Waals surface area (Å²) in [4.78, 5) is 0. The molecule has 0 saturated heterocycles. The molecule has 1 aromatic heterocycles. The summed E-state index contributed by atoms with van der Waals surface area (Å²) < 4.78 is 4.30. The van der Waals surface area contributed by atoms with Crippen LogP contribution in [-0.2, 0) is 7.05 Å². The van der Waals surface area contributed by atoms with Crippen LogP contribution >= 0.6 is 47.8 Å². The third kappa shape index (κ3) is 2.83. The summed E-state index contributed by atoms with van der Waals surface area (Å²) >= 11 is 10.3. The molecule has 0 spiro atoms. The number of benzene rings is 1. The van der Waals surface area contributed by atoms with E-state index in [4.69, 9.17) is 5.84 Å². The van der Waals surface area contributed by atoms with Crippen molar-refractivity contribution >= 4 is 47.8 Å². The molecule has 3 N–H and O–H groups in total. The molecule has 0 radical (unpaired) electrons. The lowest BCUT2D eigenvalue weighted by Crippen LogP contribution is -2.30. The number of aromatic nitrogens is 3. The smallest absolute Gasteiger partial charge is 0.153 e. The Bertz CT molecular complexity index is 529. The molecule has 5 nitrogen and oxygen atoms in total. The van der Waals surface area contributed by atoms with Crippen molar-refractivity contribution in [2.75, 3.05) is 0 Å². The van der Waals surface area contributed by atoms with Gasteiger partial charge in [0.25, 0.3) is 0 Å². The van der Waals surface area contributed by atoms with Crippen molar-refractivity contribution in [1.29, 1.82) is 0 Å². The van der Waals surface area contributed by atoms with Crippen LogP contribution < -0.4 is 11.3 Å². The Morgan fingerprint density at radius 2 is 1.83 bits per heavy atom. The van der Waals surface area contributed by atoms with E-state index in [0.717, 1.165) is 20.2 Å². The minimum absolute atomic E-state index is 0.201. The zero-order valence-corrected chi connectivity index (χ0v) is 14.1. The predicted octanol–water partition coefficient (Wildman–Crippen LogP) is 2.66. The van der Waals surface area contributed by atoms with Gasteiger partial charge in [-0.15, -0.1) is 5.10 Å². The van der Waals surface area contributed by atoms with Gasteiger partial charge in [-0.1, -0.05) is 37.1 Å². The second-order valence-corrected chi connectivity index (χ2v) is 6.27. The average molecular weight is 440 g/mol. The normalized spacial score (nSPS) is 12.7. The van der Waals surface area contributed by atoms with Crippen molar-refractivity contribution in [2.24, 2.45) is 12.9 Å². The fourth-order valence-electron chi connectivity index (χ4n) is 1.72. The quantitative estimate of drug-likeness (QED) is 0.570. The number of rotatable bonds is 3. The van der Waals surface area contributed by atoms with Gasteiger partial charge in [-0.05, 0) is 39.7 Å². The van der Waals surface area contributed by atoms with E-state index >= 15 is 0 Å². The molecule has 96 valence electrons. The maximum Gasteiger partial charge on any atom is 0.153 e. The molecule has 1 aromatic carbocycles. The van der Waals surface area contributed by atoms with Gasteiger partial charge in [0.05, 0.1) is 11.7 Å². The lowest BCUT2D eigenvalue weighted by Gasteiger charge is -2.17. The maximum atomic E-state index is 5.66. The van der Waals surface area contributed by atoms with Crippen LogP contribution in [0, 0.1) is 0 Å². The molecular formula is C10H10Br3N5. The molecule has 0 amide bonds.